The number of rotatable bonds is 6. The molecule has 2 aromatic carbocycles. The van der Waals surface area contributed by atoms with Gasteiger partial charge in [0.05, 0.1) is 23.6 Å². The second-order valence-electron chi connectivity index (χ2n) is 9.39. The average Bonchev–Trinajstić information content (AvgIpc) is 2.90. The van der Waals surface area contributed by atoms with E-state index in [9.17, 15) is 23.6 Å². The van der Waals surface area contributed by atoms with Gasteiger partial charge in [0.15, 0.2) is 11.6 Å². The Balaban J connectivity index is 1.30. The minimum Gasteiger partial charge on any atom is -0.366 e. The van der Waals surface area contributed by atoms with Crippen molar-refractivity contribution in [3.8, 4) is 6.07 Å². The fourth-order valence-electron chi connectivity index (χ4n) is 5.05. The number of piperidine rings is 1. The first-order valence-corrected chi connectivity index (χ1v) is 12.2. The van der Waals surface area contributed by atoms with Crippen molar-refractivity contribution in [2.45, 2.75) is 43.7 Å². The Bertz CT molecular complexity index is 1130. The molecule has 9 heteroatoms. The molecule has 0 saturated carbocycles. The van der Waals surface area contributed by atoms with Crippen molar-refractivity contribution < 1.29 is 23.1 Å². The van der Waals surface area contributed by atoms with Gasteiger partial charge in [-0.2, -0.15) is 5.26 Å². The summed E-state index contributed by atoms with van der Waals surface area (Å²) >= 11 is 0. The van der Waals surface area contributed by atoms with Crippen molar-refractivity contribution in [2.75, 3.05) is 32.8 Å². The molecule has 2 aliphatic heterocycles. The summed E-state index contributed by atoms with van der Waals surface area (Å²) < 4.78 is 32.7. The van der Waals surface area contributed by atoms with Crippen molar-refractivity contribution >= 4 is 11.9 Å². The maximum absolute atomic E-state index is 13.8. The predicted octanol–water partition coefficient (Wildman–Crippen LogP) is 3.91. The molecule has 36 heavy (non-hydrogen) atoms. The topological polar surface area (TPSA) is 85.7 Å². The van der Waals surface area contributed by atoms with E-state index in [1.165, 1.54) is 6.07 Å². The van der Waals surface area contributed by atoms with Gasteiger partial charge in [-0.15, -0.1) is 0 Å². The van der Waals surface area contributed by atoms with E-state index in [-0.39, 0.29) is 12.2 Å². The highest BCUT2D eigenvalue weighted by Crippen LogP contribution is 2.35. The normalized spacial score (nSPS) is 22.2. The van der Waals surface area contributed by atoms with E-state index in [2.05, 4.69) is 16.3 Å². The van der Waals surface area contributed by atoms with Crippen molar-refractivity contribution in [3.63, 3.8) is 0 Å². The van der Waals surface area contributed by atoms with Gasteiger partial charge in [0, 0.05) is 6.54 Å². The molecule has 4 rings (SSSR count). The Hall–Kier alpha value is -3.35. The van der Waals surface area contributed by atoms with E-state index in [1.807, 2.05) is 30.3 Å². The van der Waals surface area contributed by atoms with Crippen LogP contribution in [0.1, 0.15) is 43.4 Å². The molecule has 0 aliphatic carbocycles. The number of nitrogens with one attached hydrogen (secondary N) is 1. The molecule has 190 valence electrons. The van der Waals surface area contributed by atoms with E-state index in [0.29, 0.717) is 13.0 Å². The van der Waals surface area contributed by atoms with Crippen LogP contribution >= 0.6 is 0 Å². The highest BCUT2D eigenvalue weighted by atomic mass is 19.2. The fourth-order valence-corrected chi connectivity index (χ4v) is 5.05. The van der Waals surface area contributed by atoms with E-state index < -0.39 is 41.1 Å². The average molecular weight is 497 g/mol. The summed E-state index contributed by atoms with van der Waals surface area (Å²) in [6, 6.07) is 14.3. The summed E-state index contributed by atoms with van der Waals surface area (Å²) in [6.45, 7) is 4.09. The molecule has 1 N–H and O–H groups in total. The number of hydrogen-bond acceptors (Lipinski definition) is 5. The van der Waals surface area contributed by atoms with Gasteiger partial charge >= 0.3 is 6.03 Å². The summed E-state index contributed by atoms with van der Waals surface area (Å²) in [5, 5.41) is 12.6. The van der Waals surface area contributed by atoms with Crippen LogP contribution < -0.4 is 5.32 Å². The Labute approximate surface area is 209 Å². The summed E-state index contributed by atoms with van der Waals surface area (Å²) in [7, 11) is 0. The van der Waals surface area contributed by atoms with E-state index >= 15 is 0 Å². The highest BCUT2D eigenvalue weighted by Gasteiger charge is 2.40. The molecule has 0 bridgehead atoms. The molecule has 7 nitrogen and oxygen atoms in total. The molecule has 0 spiro atoms. The standard InChI is InChI=1S/C27H30F2N4O3/c1-19-25(20-8-9-22(28)23(29)16-20)33(24(34)17-36-19)26(35)31-12-5-13-32-14-10-27(18-30,11-15-32)21-6-3-2-4-7-21/h2-4,6-9,16,19,25H,5,10-15,17H2,1H3,(H,31,35)/t19-,25+/m0/s1. The van der Waals surface area contributed by atoms with Gasteiger partial charge in [0.1, 0.15) is 6.61 Å². The number of urea groups is 1. The number of nitrogens with zero attached hydrogens (tertiary/aromatic N) is 3. The van der Waals surface area contributed by atoms with Crippen LogP contribution in [0.3, 0.4) is 0 Å². The largest absolute Gasteiger partial charge is 0.366 e. The Morgan fingerprint density at radius 1 is 1.17 bits per heavy atom. The fraction of sp³-hybridized carbons (Fsp3) is 0.444. The number of carbonyl (C=O) groups is 2. The van der Waals surface area contributed by atoms with Gasteiger partial charge in [-0.05, 0) is 69.1 Å². The number of nitriles is 1. The number of likely N-dealkylation sites (tertiary alicyclic amines) is 1. The Morgan fingerprint density at radius 3 is 2.56 bits per heavy atom. The third-order valence-electron chi connectivity index (χ3n) is 7.14. The first-order valence-electron chi connectivity index (χ1n) is 12.2. The van der Waals surface area contributed by atoms with E-state index in [1.54, 1.807) is 6.92 Å². The molecule has 0 radical (unpaired) electrons. The number of ether oxygens (including phenoxy) is 1. The van der Waals surface area contributed by atoms with Gasteiger partial charge in [-0.3, -0.25) is 9.69 Å². The number of hydrogen-bond donors (Lipinski definition) is 1. The van der Waals surface area contributed by atoms with Crippen LogP contribution in [0.25, 0.3) is 0 Å². The third kappa shape index (κ3) is 5.40. The minimum atomic E-state index is -1.05. The SMILES string of the molecule is C[C@@H]1OCC(=O)N(C(=O)NCCCN2CCC(C#N)(c3ccccc3)CC2)[C@H]1c1ccc(F)c(F)c1. The first kappa shape index (κ1) is 25.7. The van der Waals surface area contributed by atoms with Crippen molar-refractivity contribution in [1.29, 1.82) is 5.26 Å². The quantitative estimate of drug-likeness (QED) is 0.613. The van der Waals surface area contributed by atoms with Crippen molar-refractivity contribution in [2.24, 2.45) is 0 Å². The molecule has 3 amide bonds. The Kier molecular flexibility index (Phi) is 7.97. The van der Waals surface area contributed by atoms with Crippen LogP contribution in [0.15, 0.2) is 48.5 Å². The smallest absolute Gasteiger partial charge is 0.324 e. The molecule has 2 heterocycles. The monoisotopic (exact) mass is 496 g/mol. The van der Waals surface area contributed by atoms with Crippen molar-refractivity contribution in [1.82, 2.24) is 15.1 Å². The highest BCUT2D eigenvalue weighted by molar-refractivity contribution is 5.96. The maximum atomic E-state index is 13.8. The first-order chi connectivity index (χ1) is 17.3. The molecule has 2 aliphatic rings. The summed E-state index contributed by atoms with van der Waals surface area (Å²) in [5.74, 6) is -2.59. The second-order valence-corrected chi connectivity index (χ2v) is 9.39. The lowest BCUT2D eigenvalue weighted by molar-refractivity contribution is -0.150. The van der Waals surface area contributed by atoms with Crippen LogP contribution in [-0.4, -0.2) is 60.6 Å². The van der Waals surface area contributed by atoms with E-state index in [0.717, 1.165) is 55.1 Å². The number of benzene rings is 2. The lowest BCUT2D eigenvalue weighted by Gasteiger charge is -2.38. The molecule has 2 atom stereocenters. The van der Waals surface area contributed by atoms with E-state index in [4.69, 9.17) is 4.74 Å². The molecular weight excluding hydrogens is 466 g/mol. The zero-order chi connectivity index (χ0) is 25.7. The molecule has 2 aromatic rings. The Morgan fingerprint density at radius 2 is 1.89 bits per heavy atom. The lowest BCUT2D eigenvalue weighted by atomic mass is 9.74. The van der Waals surface area contributed by atoms with Crippen LogP contribution in [-0.2, 0) is 14.9 Å². The van der Waals surface area contributed by atoms with Gasteiger partial charge in [-0.1, -0.05) is 36.4 Å². The maximum Gasteiger partial charge on any atom is 0.324 e. The number of halogens is 2. The van der Waals surface area contributed by atoms with Gasteiger partial charge in [0.25, 0.3) is 5.91 Å². The lowest BCUT2D eigenvalue weighted by Crippen LogP contribution is -2.54. The zero-order valence-electron chi connectivity index (χ0n) is 20.3. The van der Waals surface area contributed by atoms with Gasteiger partial charge in [-0.25, -0.2) is 13.6 Å². The molecule has 2 saturated heterocycles. The number of imide groups is 1. The second kappa shape index (κ2) is 11.1. The third-order valence-corrected chi connectivity index (χ3v) is 7.14. The molecular formula is C27H30F2N4O3. The van der Waals surface area contributed by atoms with Gasteiger partial charge in [0.2, 0.25) is 0 Å². The molecule has 2 fully saturated rings. The van der Waals surface area contributed by atoms with Crippen LogP contribution in [0.4, 0.5) is 13.6 Å². The minimum absolute atomic E-state index is 0.259. The number of carbonyl (C=O) groups excluding carboxylic acids is 2. The summed E-state index contributed by atoms with van der Waals surface area (Å²) in [4.78, 5) is 28.8. The van der Waals surface area contributed by atoms with Crippen LogP contribution in [0, 0.1) is 23.0 Å². The number of amides is 3. The number of morpholine rings is 1. The molecule has 0 aromatic heterocycles. The summed E-state index contributed by atoms with van der Waals surface area (Å²) in [6.07, 6.45) is 1.59. The van der Waals surface area contributed by atoms with Crippen LogP contribution in [0.2, 0.25) is 0 Å². The zero-order valence-corrected chi connectivity index (χ0v) is 20.3. The van der Waals surface area contributed by atoms with Crippen molar-refractivity contribution in [3.05, 3.63) is 71.3 Å². The van der Waals surface area contributed by atoms with Gasteiger partial charge < -0.3 is 15.0 Å². The predicted molar refractivity (Wildman–Crippen MR) is 129 cm³/mol. The summed E-state index contributed by atoms with van der Waals surface area (Å²) in [5.41, 5.74) is 0.880. The molecule has 0 unspecified atom stereocenters. The van der Waals surface area contributed by atoms with Crippen LogP contribution in [0.5, 0.6) is 0 Å².